The van der Waals surface area contributed by atoms with Crippen molar-refractivity contribution in [2.24, 2.45) is 0 Å². The molecule has 0 aliphatic carbocycles. The second-order valence-corrected chi connectivity index (χ2v) is 5.74. The van der Waals surface area contributed by atoms with E-state index in [1.54, 1.807) is 6.33 Å². The number of benzene rings is 2. The molecular formula is C19H20ClN2O3-. The van der Waals surface area contributed by atoms with E-state index >= 15 is 0 Å². The van der Waals surface area contributed by atoms with Gasteiger partial charge >= 0.3 is 5.97 Å². The van der Waals surface area contributed by atoms with Crippen LogP contribution in [0, 0.1) is 6.92 Å². The summed E-state index contributed by atoms with van der Waals surface area (Å²) in [4.78, 5) is 15.8. The van der Waals surface area contributed by atoms with Gasteiger partial charge in [-0.1, -0.05) is 24.3 Å². The summed E-state index contributed by atoms with van der Waals surface area (Å²) in [6.45, 7) is 4.20. The van der Waals surface area contributed by atoms with Crippen LogP contribution < -0.4 is 17.1 Å². The monoisotopic (exact) mass is 359 g/mol. The number of carbonyl (C=O) groups excluding carboxylic acids is 1. The van der Waals surface area contributed by atoms with Crippen molar-refractivity contribution in [3.05, 3.63) is 60.4 Å². The van der Waals surface area contributed by atoms with E-state index in [0.717, 1.165) is 22.3 Å². The third-order valence-corrected chi connectivity index (χ3v) is 3.69. The Morgan fingerprint density at radius 3 is 2.76 bits per heavy atom. The van der Waals surface area contributed by atoms with E-state index in [-0.39, 0.29) is 31.1 Å². The predicted molar refractivity (Wildman–Crippen MR) is 92.0 cm³/mol. The number of aryl methyl sites for hydroxylation is 1. The Morgan fingerprint density at radius 1 is 1.20 bits per heavy atom. The highest BCUT2D eigenvalue weighted by Gasteiger charge is 2.16. The summed E-state index contributed by atoms with van der Waals surface area (Å²) in [5.41, 5.74) is 3.04. The fourth-order valence-corrected chi connectivity index (χ4v) is 2.63. The van der Waals surface area contributed by atoms with Gasteiger partial charge in [-0.05, 0) is 36.8 Å². The number of nitrogens with zero attached hydrogens (tertiary/aromatic N) is 2. The van der Waals surface area contributed by atoms with E-state index in [4.69, 9.17) is 9.47 Å². The molecule has 3 aromatic rings. The van der Waals surface area contributed by atoms with Crippen molar-refractivity contribution < 1.29 is 26.7 Å². The maximum Gasteiger partial charge on any atom is 0.303 e. The highest BCUT2D eigenvalue weighted by Crippen LogP contribution is 2.16. The molecule has 0 radical (unpaired) electrons. The first-order chi connectivity index (χ1) is 11.6. The second kappa shape index (κ2) is 8.53. The maximum absolute atomic E-state index is 11.4. The molecule has 132 valence electrons. The van der Waals surface area contributed by atoms with Crippen molar-refractivity contribution in [3.8, 4) is 5.75 Å². The largest absolute Gasteiger partial charge is 1.00 e. The Labute approximate surface area is 153 Å². The molecule has 25 heavy (non-hydrogen) atoms. The number of hydrogen-bond acceptors (Lipinski definition) is 4. The molecule has 0 saturated heterocycles. The molecular weight excluding hydrogens is 340 g/mol. The molecule has 0 bridgehead atoms. The molecule has 5 nitrogen and oxygen atoms in total. The van der Waals surface area contributed by atoms with E-state index in [9.17, 15) is 4.79 Å². The molecule has 1 atom stereocenters. The van der Waals surface area contributed by atoms with Gasteiger partial charge in [-0.25, -0.2) is 4.98 Å². The van der Waals surface area contributed by atoms with Crippen LogP contribution >= 0.6 is 0 Å². The molecule has 0 fully saturated rings. The Balaban J connectivity index is 0.00000225. The topological polar surface area (TPSA) is 53.4 Å². The van der Waals surface area contributed by atoms with Gasteiger partial charge in [0.2, 0.25) is 0 Å². The number of halogens is 1. The average molecular weight is 360 g/mol. The lowest BCUT2D eigenvalue weighted by Gasteiger charge is -2.19. The number of para-hydroxylation sites is 2. The fourth-order valence-electron chi connectivity index (χ4n) is 2.63. The minimum atomic E-state index is -0.388. The molecule has 1 aromatic heterocycles. The lowest BCUT2D eigenvalue weighted by Crippen LogP contribution is -3.00. The summed E-state index contributed by atoms with van der Waals surface area (Å²) >= 11 is 0. The molecule has 2 aromatic carbocycles. The van der Waals surface area contributed by atoms with Gasteiger partial charge in [0.1, 0.15) is 12.4 Å². The minimum absolute atomic E-state index is 0. The van der Waals surface area contributed by atoms with Crippen LogP contribution in [0.25, 0.3) is 11.0 Å². The van der Waals surface area contributed by atoms with Gasteiger partial charge < -0.3 is 26.4 Å². The van der Waals surface area contributed by atoms with Crippen LogP contribution in [0.15, 0.2) is 54.9 Å². The molecule has 1 heterocycles. The van der Waals surface area contributed by atoms with Crippen LogP contribution in [0.5, 0.6) is 5.75 Å². The Hall–Kier alpha value is -2.53. The van der Waals surface area contributed by atoms with Crippen molar-refractivity contribution >= 4 is 17.0 Å². The lowest BCUT2D eigenvalue weighted by atomic mass is 10.2. The smallest absolute Gasteiger partial charge is 0.303 e. The van der Waals surface area contributed by atoms with Crippen LogP contribution in [-0.2, 0) is 16.1 Å². The summed E-state index contributed by atoms with van der Waals surface area (Å²) in [5, 5.41) is 0. The number of imidazole rings is 1. The third kappa shape index (κ3) is 4.97. The minimum Gasteiger partial charge on any atom is -1.00 e. The molecule has 0 aliphatic rings. The van der Waals surface area contributed by atoms with Crippen LogP contribution in [0.3, 0.4) is 0 Å². The van der Waals surface area contributed by atoms with Crippen LogP contribution in [-0.4, -0.2) is 28.2 Å². The molecule has 0 amide bonds. The van der Waals surface area contributed by atoms with Crippen molar-refractivity contribution in [1.29, 1.82) is 0 Å². The van der Waals surface area contributed by atoms with Crippen LogP contribution in [0.4, 0.5) is 0 Å². The number of rotatable bonds is 6. The van der Waals surface area contributed by atoms with Crippen LogP contribution in [0.1, 0.15) is 12.5 Å². The van der Waals surface area contributed by atoms with Gasteiger partial charge in [0.15, 0.2) is 6.10 Å². The molecule has 1 unspecified atom stereocenters. The summed E-state index contributed by atoms with van der Waals surface area (Å²) in [6, 6.07) is 15.7. The Morgan fingerprint density at radius 2 is 2.00 bits per heavy atom. The van der Waals surface area contributed by atoms with E-state index in [0.29, 0.717) is 6.54 Å². The van der Waals surface area contributed by atoms with E-state index in [1.165, 1.54) is 6.92 Å². The summed E-state index contributed by atoms with van der Waals surface area (Å²) in [5.74, 6) is 0.444. The zero-order chi connectivity index (χ0) is 16.9. The third-order valence-electron chi connectivity index (χ3n) is 3.69. The van der Waals surface area contributed by atoms with Gasteiger partial charge in [0, 0.05) is 6.92 Å². The van der Waals surface area contributed by atoms with Crippen LogP contribution in [0.2, 0.25) is 0 Å². The number of ether oxygens (including phenoxy) is 2. The standard InChI is InChI=1S/C19H20N2O3.ClH/c1-14-6-5-7-16(10-14)23-12-17(24-15(2)22)11-21-13-20-18-8-3-4-9-19(18)21;/h3-10,13,17H,11-12H2,1-2H3;1H/p-1. The zero-order valence-electron chi connectivity index (χ0n) is 14.2. The highest BCUT2D eigenvalue weighted by atomic mass is 35.5. The van der Waals surface area contributed by atoms with Gasteiger partial charge in [0.05, 0.1) is 23.9 Å². The molecule has 3 rings (SSSR count). The Bertz CT molecular complexity index is 847. The van der Waals surface area contributed by atoms with Gasteiger partial charge in [-0.2, -0.15) is 0 Å². The number of hydrogen-bond donors (Lipinski definition) is 0. The van der Waals surface area contributed by atoms with Crippen molar-refractivity contribution in [2.45, 2.75) is 26.5 Å². The van der Waals surface area contributed by atoms with E-state index in [2.05, 4.69) is 4.98 Å². The van der Waals surface area contributed by atoms with Gasteiger partial charge in [0.25, 0.3) is 0 Å². The first kappa shape index (κ1) is 18.8. The molecule has 0 saturated carbocycles. The highest BCUT2D eigenvalue weighted by molar-refractivity contribution is 5.75. The predicted octanol–water partition coefficient (Wildman–Crippen LogP) is 0.359. The molecule has 0 aliphatic heterocycles. The number of fused-ring (bicyclic) bond motifs is 1. The SMILES string of the molecule is CC(=O)OC(COc1cccc(C)c1)Cn1cnc2ccccc21.[Cl-]. The molecule has 0 spiro atoms. The molecule has 6 heteroatoms. The van der Waals surface area contributed by atoms with Gasteiger partial charge in [-0.3, -0.25) is 4.79 Å². The fraction of sp³-hybridized carbons (Fsp3) is 0.263. The van der Waals surface area contributed by atoms with E-state index in [1.807, 2.05) is 60.0 Å². The Kier molecular flexibility index (Phi) is 6.42. The quantitative estimate of drug-likeness (QED) is 0.596. The first-order valence-electron chi connectivity index (χ1n) is 7.88. The zero-order valence-corrected chi connectivity index (χ0v) is 14.9. The maximum atomic E-state index is 11.4. The van der Waals surface area contributed by atoms with Gasteiger partial charge in [-0.15, -0.1) is 0 Å². The number of aromatic nitrogens is 2. The number of carbonyl (C=O) groups is 1. The average Bonchev–Trinajstić information content (AvgIpc) is 2.95. The normalized spacial score (nSPS) is 11.6. The second-order valence-electron chi connectivity index (χ2n) is 5.74. The molecule has 0 N–H and O–H groups in total. The summed E-state index contributed by atoms with van der Waals surface area (Å²) in [7, 11) is 0. The number of esters is 1. The first-order valence-corrected chi connectivity index (χ1v) is 7.88. The van der Waals surface area contributed by atoms with Crippen molar-refractivity contribution in [2.75, 3.05) is 6.61 Å². The van der Waals surface area contributed by atoms with Crippen molar-refractivity contribution in [1.82, 2.24) is 9.55 Å². The van der Waals surface area contributed by atoms with Crippen molar-refractivity contribution in [3.63, 3.8) is 0 Å². The van der Waals surface area contributed by atoms with E-state index < -0.39 is 0 Å². The summed E-state index contributed by atoms with van der Waals surface area (Å²) < 4.78 is 13.2. The summed E-state index contributed by atoms with van der Waals surface area (Å²) in [6.07, 6.45) is 1.37. The lowest BCUT2D eigenvalue weighted by molar-refractivity contribution is -0.148.